The largest absolute Gasteiger partial charge is 0.494 e. The molecule has 0 N–H and O–H groups in total. The van der Waals surface area contributed by atoms with Gasteiger partial charge in [-0.2, -0.15) is 0 Å². The smallest absolute Gasteiger partial charge is 0.336 e. The van der Waals surface area contributed by atoms with E-state index in [9.17, 15) is 9.59 Å². The third kappa shape index (κ3) is 4.51. The number of hydrogen-bond acceptors (Lipinski definition) is 4. The summed E-state index contributed by atoms with van der Waals surface area (Å²) < 4.78 is 10.7. The van der Waals surface area contributed by atoms with Crippen LogP contribution in [0, 0.1) is 0 Å². The summed E-state index contributed by atoms with van der Waals surface area (Å²) in [5, 5.41) is 0. The van der Waals surface area contributed by atoms with Gasteiger partial charge in [-0.15, -0.1) is 0 Å². The maximum atomic E-state index is 12.0. The van der Waals surface area contributed by atoms with Gasteiger partial charge in [0.25, 0.3) is 0 Å². The van der Waals surface area contributed by atoms with Gasteiger partial charge in [-0.3, -0.25) is 4.79 Å². The second-order valence-corrected chi connectivity index (χ2v) is 5.90. The van der Waals surface area contributed by atoms with E-state index in [1.807, 2.05) is 31.2 Å². The molecule has 1 fully saturated rings. The minimum atomic E-state index is -0.455. The number of amides is 1. The number of hydrogen-bond donors (Lipinski definition) is 0. The molecular weight excluding hydrogens is 330 g/mol. The van der Waals surface area contributed by atoms with Crippen molar-refractivity contribution in [2.75, 3.05) is 18.1 Å². The van der Waals surface area contributed by atoms with Crippen LogP contribution in [0.15, 0.2) is 54.6 Å². The number of benzene rings is 2. The number of carbonyl (C=O) groups excluding carboxylic acids is 2. The van der Waals surface area contributed by atoms with Crippen molar-refractivity contribution in [2.45, 2.75) is 19.8 Å². The van der Waals surface area contributed by atoms with Gasteiger partial charge in [0.2, 0.25) is 5.91 Å². The molecule has 1 aliphatic heterocycles. The first-order valence-electron chi connectivity index (χ1n) is 8.69. The first-order valence-corrected chi connectivity index (χ1v) is 8.69. The van der Waals surface area contributed by atoms with Crippen molar-refractivity contribution < 1.29 is 19.1 Å². The Morgan fingerprint density at radius 3 is 2.38 bits per heavy atom. The van der Waals surface area contributed by atoms with E-state index in [0.717, 1.165) is 30.0 Å². The molecule has 0 aromatic heterocycles. The Labute approximate surface area is 152 Å². The molecule has 5 nitrogen and oxygen atoms in total. The van der Waals surface area contributed by atoms with E-state index in [-0.39, 0.29) is 5.91 Å². The lowest BCUT2D eigenvalue weighted by Crippen LogP contribution is -2.23. The summed E-state index contributed by atoms with van der Waals surface area (Å²) in [6.07, 6.45) is 4.54. The van der Waals surface area contributed by atoms with Crippen LogP contribution in [-0.2, 0) is 9.59 Å². The van der Waals surface area contributed by atoms with Crippen molar-refractivity contribution in [2.24, 2.45) is 0 Å². The van der Waals surface area contributed by atoms with Crippen LogP contribution < -0.4 is 14.4 Å². The van der Waals surface area contributed by atoms with Crippen molar-refractivity contribution in [1.29, 1.82) is 0 Å². The molecule has 134 valence electrons. The number of esters is 1. The molecule has 2 aromatic rings. The quantitative estimate of drug-likeness (QED) is 0.451. The van der Waals surface area contributed by atoms with Crippen molar-refractivity contribution in [3.63, 3.8) is 0 Å². The molecule has 3 rings (SSSR count). The topological polar surface area (TPSA) is 55.8 Å². The Morgan fingerprint density at radius 2 is 1.77 bits per heavy atom. The molecule has 5 heteroatoms. The zero-order valence-electron chi connectivity index (χ0n) is 14.7. The molecule has 1 saturated heterocycles. The third-order valence-corrected chi connectivity index (χ3v) is 4.04. The average Bonchev–Trinajstić information content (AvgIpc) is 3.08. The number of nitrogens with zero attached hydrogens (tertiary/aromatic N) is 1. The molecule has 0 aliphatic carbocycles. The maximum absolute atomic E-state index is 12.0. The van der Waals surface area contributed by atoms with E-state index in [1.54, 1.807) is 35.2 Å². The van der Waals surface area contributed by atoms with Crippen LogP contribution in [0.5, 0.6) is 11.5 Å². The standard InChI is InChI=1S/C21H21NO4/c1-2-25-18-10-5-16(6-11-18)7-14-21(24)26-19-12-8-17(9-13-19)22-15-3-4-20(22)23/h5-14H,2-4,15H2,1H3/b14-7+. The van der Waals surface area contributed by atoms with Gasteiger partial charge in [-0.25, -0.2) is 4.79 Å². The summed E-state index contributed by atoms with van der Waals surface area (Å²) in [6, 6.07) is 14.4. The van der Waals surface area contributed by atoms with Gasteiger partial charge in [0.05, 0.1) is 6.61 Å². The Balaban J connectivity index is 1.56. The second-order valence-electron chi connectivity index (χ2n) is 5.90. The Morgan fingerprint density at radius 1 is 1.08 bits per heavy atom. The minimum absolute atomic E-state index is 0.132. The fraction of sp³-hybridized carbons (Fsp3) is 0.238. The van der Waals surface area contributed by atoms with Gasteiger partial charge < -0.3 is 14.4 Å². The van der Waals surface area contributed by atoms with Crippen molar-refractivity contribution in [1.82, 2.24) is 0 Å². The van der Waals surface area contributed by atoms with E-state index < -0.39 is 5.97 Å². The lowest BCUT2D eigenvalue weighted by molar-refractivity contribution is -0.128. The van der Waals surface area contributed by atoms with Crippen molar-refractivity contribution in [3.05, 3.63) is 60.2 Å². The molecule has 26 heavy (non-hydrogen) atoms. The van der Waals surface area contributed by atoms with E-state index >= 15 is 0 Å². The average molecular weight is 351 g/mol. The third-order valence-electron chi connectivity index (χ3n) is 4.04. The maximum Gasteiger partial charge on any atom is 0.336 e. The van der Waals surface area contributed by atoms with E-state index in [0.29, 0.717) is 18.8 Å². The molecule has 1 heterocycles. The molecule has 1 amide bonds. The molecular formula is C21H21NO4. The predicted octanol–water partition coefficient (Wildman–Crippen LogP) is 3.83. The Hall–Kier alpha value is -3.08. The molecule has 0 bridgehead atoms. The molecule has 0 unspecified atom stereocenters. The Bertz CT molecular complexity index is 794. The SMILES string of the molecule is CCOc1ccc(/C=C/C(=O)Oc2ccc(N3CCCC3=O)cc2)cc1. The molecule has 0 saturated carbocycles. The van der Waals surface area contributed by atoms with E-state index in [1.165, 1.54) is 6.08 Å². The lowest BCUT2D eigenvalue weighted by atomic mass is 10.2. The van der Waals surface area contributed by atoms with Gasteiger partial charge in [-0.05, 0) is 61.4 Å². The first kappa shape index (κ1) is 17.7. The fourth-order valence-electron chi connectivity index (χ4n) is 2.77. The molecule has 1 aliphatic rings. The van der Waals surface area contributed by atoms with Crippen LogP contribution in [0.3, 0.4) is 0 Å². The zero-order valence-corrected chi connectivity index (χ0v) is 14.7. The van der Waals surface area contributed by atoms with Gasteiger partial charge in [0.15, 0.2) is 0 Å². The van der Waals surface area contributed by atoms with Gasteiger partial charge >= 0.3 is 5.97 Å². The van der Waals surface area contributed by atoms with Crippen molar-refractivity contribution in [3.8, 4) is 11.5 Å². The molecule has 0 radical (unpaired) electrons. The molecule has 0 atom stereocenters. The van der Waals surface area contributed by atoms with Gasteiger partial charge in [0, 0.05) is 24.7 Å². The second kappa shape index (κ2) is 8.34. The van der Waals surface area contributed by atoms with Crippen molar-refractivity contribution >= 4 is 23.6 Å². The molecule has 2 aromatic carbocycles. The number of rotatable bonds is 6. The van der Waals surface area contributed by atoms with E-state index in [2.05, 4.69) is 0 Å². The van der Waals surface area contributed by atoms with Crippen LogP contribution in [0.1, 0.15) is 25.3 Å². The van der Waals surface area contributed by atoms with Crippen LogP contribution in [0.25, 0.3) is 6.08 Å². The number of anilines is 1. The summed E-state index contributed by atoms with van der Waals surface area (Å²) in [7, 11) is 0. The first-order chi connectivity index (χ1) is 12.7. The highest BCUT2D eigenvalue weighted by Crippen LogP contribution is 2.24. The Kier molecular flexibility index (Phi) is 5.69. The monoisotopic (exact) mass is 351 g/mol. The minimum Gasteiger partial charge on any atom is -0.494 e. The number of ether oxygens (including phenoxy) is 2. The predicted molar refractivity (Wildman–Crippen MR) is 100 cm³/mol. The van der Waals surface area contributed by atoms with Crippen LogP contribution in [-0.4, -0.2) is 25.0 Å². The number of carbonyl (C=O) groups is 2. The van der Waals surface area contributed by atoms with E-state index in [4.69, 9.17) is 9.47 Å². The fourth-order valence-corrected chi connectivity index (χ4v) is 2.77. The summed E-state index contributed by atoms with van der Waals surface area (Å²) in [4.78, 5) is 25.4. The van der Waals surface area contributed by atoms with Gasteiger partial charge in [-0.1, -0.05) is 12.1 Å². The van der Waals surface area contributed by atoms with Crippen LogP contribution in [0.2, 0.25) is 0 Å². The summed E-state index contributed by atoms with van der Waals surface area (Å²) in [5.41, 5.74) is 1.71. The van der Waals surface area contributed by atoms with Gasteiger partial charge in [0.1, 0.15) is 11.5 Å². The summed E-state index contributed by atoms with van der Waals surface area (Å²) in [5.74, 6) is 0.919. The molecule has 0 spiro atoms. The lowest BCUT2D eigenvalue weighted by Gasteiger charge is -2.15. The van der Waals surface area contributed by atoms with Crippen LogP contribution in [0.4, 0.5) is 5.69 Å². The highest BCUT2D eigenvalue weighted by Gasteiger charge is 2.21. The highest BCUT2D eigenvalue weighted by molar-refractivity contribution is 5.95. The summed E-state index contributed by atoms with van der Waals surface area (Å²) >= 11 is 0. The summed E-state index contributed by atoms with van der Waals surface area (Å²) in [6.45, 7) is 3.29. The normalized spacial score (nSPS) is 14.0. The van der Waals surface area contributed by atoms with Crippen LogP contribution >= 0.6 is 0 Å². The zero-order chi connectivity index (χ0) is 18.4. The highest BCUT2D eigenvalue weighted by atomic mass is 16.5.